The second-order valence-electron chi connectivity index (χ2n) is 17.5. The van der Waals surface area contributed by atoms with E-state index in [1.807, 2.05) is 16.1 Å². The Labute approximate surface area is 372 Å². The van der Waals surface area contributed by atoms with Gasteiger partial charge < -0.3 is 9.88 Å². The average molecular weight is 829 g/mol. The van der Waals surface area contributed by atoms with Crippen LogP contribution in [0.25, 0.3) is 0 Å². The molecule has 2 heterocycles. The van der Waals surface area contributed by atoms with Crippen molar-refractivity contribution in [3.63, 3.8) is 0 Å². The third kappa shape index (κ3) is 7.86. The van der Waals surface area contributed by atoms with Crippen molar-refractivity contribution in [3.8, 4) is 0 Å². The van der Waals surface area contributed by atoms with Gasteiger partial charge in [0.2, 0.25) is 0 Å². The number of amides is 2. The molecule has 3 aliphatic rings. The molecule has 1 saturated carbocycles. The summed E-state index contributed by atoms with van der Waals surface area (Å²) in [6, 6.07) is 55.9. The molecule has 63 heavy (non-hydrogen) atoms. The normalized spacial score (nSPS) is 16.1. The number of urea groups is 1. The molecule has 0 bridgehead atoms. The molecule has 7 aromatic rings. The van der Waals surface area contributed by atoms with Crippen molar-refractivity contribution in [1.82, 2.24) is 14.6 Å². The van der Waals surface area contributed by atoms with Gasteiger partial charge in [-0.3, -0.25) is 4.90 Å². The first-order valence-corrected chi connectivity index (χ1v) is 23.0. The average Bonchev–Trinajstić information content (AvgIpc) is 3.64. The zero-order valence-corrected chi connectivity index (χ0v) is 36.2. The lowest BCUT2D eigenvalue weighted by molar-refractivity contribution is 0.179. The first-order valence-electron chi connectivity index (χ1n) is 23.0. The maximum absolute atomic E-state index is 15.3. The molecule has 0 saturated heterocycles. The van der Waals surface area contributed by atoms with Crippen LogP contribution in [0, 0.1) is 12.8 Å². The highest BCUT2D eigenvalue weighted by Crippen LogP contribution is 2.43. The second-order valence-corrected chi connectivity index (χ2v) is 17.5. The molecule has 1 N–H and O–H groups in total. The third-order valence-electron chi connectivity index (χ3n) is 13.7. The number of fused-ring (bicyclic) bond motifs is 2. The van der Waals surface area contributed by atoms with Gasteiger partial charge in [-0.2, -0.15) is 5.10 Å². The predicted octanol–water partition coefficient (Wildman–Crippen LogP) is 12.5. The van der Waals surface area contributed by atoms with E-state index < -0.39 is 5.54 Å². The molecule has 7 heteroatoms. The van der Waals surface area contributed by atoms with E-state index in [0.29, 0.717) is 18.9 Å². The summed E-state index contributed by atoms with van der Waals surface area (Å²) >= 11 is 0. The zero-order valence-electron chi connectivity index (χ0n) is 36.2. The second kappa shape index (κ2) is 17.9. The number of hydrogen-bond acceptors (Lipinski definition) is 4. The van der Waals surface area contributed by atoms with E-state index in [4.69, 9.17) is 10.1 Å². The summed E-state index contributed by atoms with van der Waals surface area (Å²) in [5.41, 5.74) is 11.7. The van der Waals surface area contributed by atoms with Crippen molar-refractivity contribution in [2.75, 3.05) is 16.8 Å². The Kier molecular flexibility index (Phi) is 11.5. The number of nitrogens with one attached hydrogen (secondary N) is 1. The van der Waals surface area contributed by atoms with Gasteiger partial charge in [-0.25, -0.2) is 14.8 Å². The summed E-state index contributed by atoms with van der Waals surface area (Å²) in [5.74, 6) is 1.31. The standard InChI is InChI=1S/C56H56N6O/c1-41-26-35-51-52(40-41)61(55(63)62(59-54(51)44-18-6-2-7-19-44)50-31-27-42-16-14-15-17-43(42)28-32-50)49-33-29-48(30-34-49)57-37-36-53-58-38-39-60(53)56(45-20-8-3-9-21-45,46-22-10-4-11-23-46)47-24-12-5-13-25-47/h3-5,8-17,20-26,29-30,33-35,38-40,44,50,57H,2,6-7,18-19,27-28,31-32,36-37H2,1H3. The van der Waals surface area contributed by atoms with Gasteiger partial charge in [-0.1, -0.05) is 147 Å². The van der Waals surface area contributed by atoms with Crippen LogP contribution in [0.5, 0.6) is 0 Å². The van der Waals surface area contributed by atoms with Gasteiger partial charge >= 0.3 is 6.03 Å². The van der Waals surface area contributed by atoms with Crippen LogP contribution < -0.4 is 10.2 Å². The molecule has 1 fully saturated rings. The van der Waals surface area contributed by atoms with Crippen LogP contribution in [0.15, 0.2) is 175 Å². The number of carbonyl (C=O) groups is 1. The fourth-order valence-corrected chi connectivity index (χ4v) is 10.5. The van der Waals surface area contributed by atoms with Crippen LogP contribution in [0.3, 0.4) is 0 Å². The molecule has 6 aromatic carbocycles. The summed E-state index contributed by atoms with van der Waals surface area (Å²) in [6.07, 6.45) is 14.3. The van der Waals surface area contributed by atoms with E-state index in [0.717, 1.165) is 78.3 Å². The molecule has 0 unspecified atom stereocenters. The van der Waals surface area contributed by atoms with E-state index in [-0.39, 0.29) is 12.1 Å². The molecule has 2 aliphatic carbocycles. The lowest BCUT2D eigenvalue weighted by Gasteiger charge is -2.38. The van der Waals surface area contributed by atoms with E-state index >= 15 is 4.79 Å². The largest absolute Gasteiger partial charge is 0.385 e. The topological polar surface area (TPSA) is 65.8 Å². The van der Waals surface area contributed by atoms with Crippen molar-refractivity contribution in [3.05, 3.63) is 215 Å². The zero-order chi connectivity index (χ0) is 42.6. The Morgan fingerprint density at radius 3 is 1.86 bits per heavy atom. The predicted molar refractivity (Wildman–Crippen MR) is 256 cm³/mol. The summed E-state index contributed by atoms with van der Waals surface area (Å²) in [5, 5.41) is 11.0. The van der Waals surface area contributed by atoms with Crippen LogP contribution >= 0.6 is 0 Å². The van der Waals surface area contributed by atoms with Crippen molar-refractivity contribution in [2.45, 2.75) is 82.7 Å². The van der Waals surface area contributed by atoms with Crippen molar-refractivity contribution in [2.24, 2.45) is 11.0 Å². The molecule has 7 nitrogen and oxygen atoms in total. The number of imidazole rings is 1. The summed E-state index contributed by atoms with van der Waals surface area (Å²) in [4.78, 5) is 22.2. The molecule has 1 aliphatic heterocycles. The van der Waals surface area contributed by atoms with E-state index in [1.54, 1.807) is 0 Å². The van der Waals surface area contributed by atoms with Gasteiger partial charge in [0.25, 0.3) is 0 Å². The van der Waals surface area contributed by atoms with Gasteiger partial charge in [-0.15, -0.1) is 0 Å². The molecule has 1 aromatic heterocycles. The number of hydrogen-bond donors (Lipinski definition) is 1. The summed E-state index contributed by atoms with van der Waals surface area (Å²) < 4.78 is 2.35. The summed E-state index contributed by atoms with van der Waals surface area (Å²) in [7, 11) is 0. The maximum atomic E-state index is 15.3. The smallest absolute Gasteiger partial charge is 0.349 e. The number of aromatic nitrogens is 2. The van der Waals surface area contributed by atoms with E-state index in [9.17, 15) is 0 Å². The number of carbonyl (C=O) groups excluding carboxylic acids is 1. The number of benzene rings is 6. The van der Waals surface area contributed by atoms with Crippen LogP contribution in [-0.2, 0) is 24.8 Å². The van der Waals surface area contributed by atoms with Gasteiger partial charge in [0.15, 0.2) is 0 Å². The SMILES string of the molecule is Cc1ccc2c(c1)N(c1ccc(NCCc3nccn3C(c3ccccc3)(c3ccccc3)c3ccccc3)cc1)C(=O)N(C1CCc3ccccc3CC1)N=C2C1CCCCC1. The lowest BCUT2D eigenvalue weighted by atomic mass is 9.76. The first-order chi connectivity index (χ1) is 31.1. The number of hydrazone groups is 1. The molecule has 2 amide bonds. The molecule has 0 spiro atoms. The number of nitrogens with zero attached hydrogens (tertiary/aromatic N) is 5. The monoisotopic (exact) mass is 828 g/mol. The van der Waals surface area contributed by atoms with Crippen molar-refractivity contribution < 1.29 is 4.79 Å². The Balaban J connectivity index is 0.945. The van der Waals surface area contributed by atoms with Crippen LogP contribution in [0.2, 0.25) is 0 Å². The van der Waals surface area contributed by atoms with Gasteiger partial charge in [0.1, 0.15) is 11.4 Å². The minimum atomic E-state index is -0.624. The Morgan fingerprint density at radius 1 is 0.667 bits per heavy atom. The van der Waals surface area contributed by atoms with Crippen LogP contribution in [0.1, 0.15) is 89.7 Å². The van der Waals surface area contributed by atoms with Crippen LogP contribution in [0.4, 0.5) is 21.9 Å². The highest BCUT2D eigenvalue weighted by atomic mass is 16.2. The number of rotatable bonds is 11. The number of anilines is 3. The molecule has 316 valence electrons. The van der Waals surface area contributed by atoms with Crippen LogP contribution in [-0.4, -0.2) is 38.9 Å². The van der Waals surface area contributed by atoms with Crippen molar-refractivity contribution >= 4 is 28.8 Å². The van der Waals surface area contributed by atoms with Gasteiger partial charge in [-0.05, 0) is 109 Å². The van der Waals surface area contributed by atoms with E-state index in [1.165, 1.54) is 47.1 Å². The first kappa shape index (κ1) is 40.3. The Hall–Kier alpha value is -6.73. The summed E-state index contributed by atoms with van der Waals surface area (Å²) in [6.45, 7) is 2.79. The minimum absolute atomic E-state index is 0.000643. The van der Waals surface area contributed by atoms with Gasteiger partial charge in [0.05, 0.1) is 23.1 Å². The fraction of sp³-hybridized carbons (Fsp3) is 0.268. The highest BCUT2D eigenvalue weighted by molar-refractivity contribution is 6.14. The molecule has 10 rings (SSSR count). The third-order valence-corrected chi connectivity index (χ3v) is 13.7. The minimum Gasteiger partial charge on any atom is -0.385 e. The fourth-order valence-electron chi connectivity index (χ4n) is 10.5. The molecular formula is C56H56N6O. The Bertz CT molecular complexity index is 2560. The molecule has 0 radical (unpaired) electrons. The Morgan fingerprint density at radius 2 is 1.25 bits per heavy atom. The quantitative estimate of drug-likeness (QED) is 0.104. The van der Waals surface area contributed by atoms with Gasteiger partial charge in [0, 0.05) is 42.5 Å². The van der Waals surface area contributed by atoms with Crippen molar-refractivity contribution in [1.29, 1.82) is 0 Å². The molecular weight excluding hydrogens is 773 g/mol. The highest BCUT2D eigenvalue weighted by Gasteiger charge is 2.40. The number of aryl methyl sites for hydroxylation is 3. The lowest BCUT2D eigenvalue weighted by Crippen LogP contribution is -2.43. The van der Waals surface area contributed by atoms with E-state index in [2.05, 4.69) is 181 Å². The maximum Gasteiger partial charge on any atom is 0.349 e. The molecule has 0 atom stereocenters.